The second kappa shape index (κ2) is 8.28. The Labute approximate surface area is 142 Å². The van der Waals surface area contributed by atoms with Crippen LogP contribution in [-0.4, -0.2) is 52.4 Å². The van der Waals surface area contributed by atoms with Crippen molar-refractivity contribution in [2.24, 2.45) is 5.92 Å². The molecule has 0 spiro atoms. The largest absolute Gasteiger partial charge is 0.353 e. The summed E-state index contributed by atoms with van der Waals surface area (Å²) in [5, 5.41) is 5.73. The minimum atomic E-state index is -0.350. The van der Waals surface area contributed by atoms with Gasteiger partial charge in [0.25, 0.3) is 0 Å². The van der Waals surface area contributed by atoms with E-state index in [4.69, 9.17) is 0 Å². The zero-order valence-corrected chi connectivity index (χ0v) is 14.1. The smallest absolute Gasteiger partial charge is 0.237 e. The van der Waals surface area contributed by atoms with E-state index in [1.807, 2.05) is 0 Å². The molecule has 2 fully saturated rings. The van der Waals surface area contributed by atoms with Gasteiger partial charge in [-0.15, -0.1) is 0 Å². The maximum Gasteiger partial charge on any atom is 0.237 e. The van der Waals surface area contributed by atoms with Gasteiger partial charge in [0.2, 0.25) is 11.8 Å². The molecule has 1 atom stereocenters. The van der Waals surface area contributed by atoms with Crippen LogP contribution in [-0.2, 0) is 16.1 Å². The number of hydrogen-bond donors (Lipinski definition) is 3. The number of piperazine rings is 1. The summed E-state index contributed by atoms with van der Waals surface area (Å²) in [4.78, 5) is 33.7. The van der Waals surface area contributed by atoms with Gasteiger partial charge < -0.3 is 15.6 Å². The highest BCUT2D eigenvalue weighted by molar-refractivity contribution is 5.88. The first-order valence-electron chi connectivity index (χ1n) is 8.99. The number of aromatic nitrogens is 2. The number of carbonyl (C=O) groups is 2. The van der Waals surface area contributed by atoms with Crippen molar-refractivity contribution in [3.63, 3.8) is 0 Å². The predicted molar refractivity (Wildman–Crippen MR) is 90.0 cm³/mol. The van der Waals surface area contributed by atoms with Gasteiger partial charge in [-0.25, -0.2) is 4.98 Å². The van der Waals surface area contributed by atoms with Gasteiger partial charge in [0.15, 0.2) is 0 Å². The van der Waals surface area contributed by atoms with Crippen LogP contribution in [0, 0.1) is 5.92 Å². The summed E-state index contributed by atoms with van der Waals surface area (Å²) in [5.41, 5.74) is 0. The van der Waals surface area contributed by atoms with Crippen LogP contribution in [0.1, 0.15) is 44.3 Å². The third-order valence-corrected chi connectivity index (χ3v) is 5.05. The van der Waals surface area contributed by atoms with E-state index in [1.165, 1.54) is 32.1 Å². The molecule has 0 bridgehead atoms. The molecule has 0 radical (unpaired) electrons. The third kappa shape index (κ3) is 4.56. The molecule has 2 amide bonds. The number of rotatable bonds is 6. The van der Waals surface area contributed by atoms with Crippen molar-refractivity contribution in [2.75, 3.05) is 19.6 Å². The van der Waals surface area contributed by atoms with Gasteiger partial charge in [-0.05, 0) is 18.8 Å². The fourth-order valence-corrected chi connectivity index (χ4v) is 3.73. The molecule has 24 heavy (non-hydrogen) atoms. The minimum absolute atomic E-state index is 0.0230. The average molecular weight is 333 g/mol. The summed E-state index contributed by atoms with van der Waals surface area (Å²) in [7, 11) is 0. The van der Waals surface area contributed by atoms with Gasteiger partial charge >= 0.3 is 0 Å². The minimum Gasteiger partial charge on any atom is -0.353 e. The number of nitrogens with one attached hydrogen (secondary N) is 3. The zero-order valence-electron chi connectivity index (χ0n) is 14.1. The first-order valence-corrected chi connectivity index (χ1v) is 8.99. The van der Waals surface area contributed by atoms with Gasteiger partial charge in [-0.2, -0.15) is 0 Å². The molecule has 7 heteroatoms. The lowest BCUT2D eigenvalue weighted by Gasteiger charge is -2.37. The van der Waals surface area contributed by atoms with Crippen molar-refractivity contribution in [3.8, 4) is 0 Å². The molecular formula is C17H27N5O2. The van der Waals surface area contributed by atoms with Gasteiger partial charge in [-0.3, -0.25) is 14.5 Å². The van der Waals surface area contributed by atoms with Crippen LogP contribution >= 0.6 is 0 Å². The molecule has 132 valence electrons. The van der Waals surface area contributed by atoms with Gasteiger partial charge in [0.05, 0.1) is 19.0 Å². The molecule has 1 saturated carbocycles. The maximum absolute atomic E-state index is 12.3. The Morgan fingerprint density at radius 1 is 1.33 bits per heavy atom. The van der Waals surface area contributed by atoms with Crippen LogP contribution in [0.5, 0.6) is 0 Å². The predicted octanol–water partition coefficient (Wildman–Crippen LogP) is 0.797. The molecule has 1 unspecified atom stereocenters. The van der Waals surface area contributed by atoms with Gasteiger partial charge in [0, 0.05) is 32.0 Å². The highest BCUT2D eigenvalue weighted by atomic mass is 16.2. The Bertz CT molecular complexity index is 539. The average Bonchev–Trinajstić information content (AvgIpc) is 3.11. The summed E-state index contributed by atoms with van der Waals surface area (Å²) in [6.07, 6.45) is 9.99. The van der Waals surface area contributed by atoms with Crippen molar-refractivity contribution >= 4 is 11.8 Å². The molecule has 1 aliphatic heterocycles. The van der Waals surface area contributed by atoms with Crippen LogP contribution in [0.3, 0.4) is 0 Å². The number of hydrogen-bond acceptors (Lipinski definition) is 4. The van der Waals surface area contributed by atoms with Crippen LogP contribution in [0.15, 0.2) is 12.4 Å². The maximum atomic E-state index is 12.3. The second-order valence-corrected chi connectivity index (χ2v) is 6.82. The first kappa shape index (κ1) is 17.0. The van der Waals surface area contributed by atoms with Crippen molar-refractivity contribution in [2.45, 2.75) is 51.1 Å². The fraction of sp³-hybridized carbons (Fsp3) is 0.706. The molecule has 2 heterocycles. The summed E-state index contributed by atoms with van der Waals surface area (Å²) in [5.74, 6) is 1.25. The fourth-order valence-electron chi connectivity index (χ4n) is 3.73. The van der Waals surface area contributed by atoms with Gasteiger partial charge in [-0.1, -0.05) is 19.3 Å². The third-order valence-electron chi connectivity index (χ3n) is 5.05. The normalized spacial score (nSPS) is 23.0. The molecule has 1 aliphatic carbocycles. The Balaban J connectivity index is 1.52. The number of imidazole rings is 1. The molecule has 1 aromatic rings. The van der Waals surface area contributed by atoms with E-state index in [-0.39, 0.29) is 24.3 Å². The zero-order chi connectivity index (χ0) is 16.8. The number of nitrogens with zero attached hydrogens (tertiary/aromatic N) is 2. The van der Waals surface area contributed by atoms with Crippen LogP contribution < -0.4 is 10.6 Å². The second-order valence-electron chi connectivity index (χ2n) is 6.82. The van der Waals surface area contributed by atoms with E-state index in [9.17, 15) is 9.59 Å². The molecule has 2 aliphatic rings. The number of H-pyrrole nitrogens is 1. The summed E-state index contributed by atoms with van der Waals surface area (Å²) < 4.78 is 0. The number of carbonyl (C=O) groups excluding carboxylic acids is 2. The quantitative estimate of drug-likeness (QED) is 0.718. The molecule has 1 aromatic heterocycles. The standard InChI is InChI=1S/C17H27N5O2/c23-16(21-11-15-18-6-7-19-15)10-14-17(24)20-8-9-22(14)12-13-4-2-1-3-5-13/h6-7,13-14H,1-5,8-12H2,(H,18,19)(H,20,24)(H,21,23). The van der Waals surface area contributed by atoms with E-state index in [2.05, 4.69) is 25.5 Å². The Kier molecular flexibility index (Phi) is 5.85. The molecule has 0 aromatic carbocycles. The molecule has 1 saturated heterocycles. The lowest BCUT2D eigenvalue weighted by atomic mass is 9.88. The Hall–Kier alpha value is -1.89. The van der Waals surface area contributed by atoms with Crippen molar-refractivity contribution < 1.29 is 9.59 Å². The Morgan fingerprint density at radius 2 is 2.17 bits per heavy atom. The van der Waals surface area contributed by atoms with E-state index in [0.29, 0.717) is 19.0 Å². The number of amides is 2. The van der Waals surface area contributed by atoms with E-state index >= 15 is 0 Å². The van der Waals surface area contributed by atoms with Crippen LogP contribution in [0.4, 0.5) is 0 Å². The Morgan fingerprint density at radius 3 is 2.92 bits per heavy atom. The van der Waals surface area contributed by atoms with Crippen molar-refractivity contribution in [3.05, 3.63) is 18.2 Å². The van der Waals surface area contributed by atoms with E-state index in [0.717, 1.165) is 18.9 Å². The van der Waals surface area contributed by atoms with Crippen LogP contribution in [0.2, 0.25) is 0 Å². The van der Waals surface area contributed by atoms with E-state index in [1.54, 1.807) is 12.4 Å². The van der Waals surface area contributed by atoms with Gasteiger partial charge in [0.1, 0.15) is 5.82 Å². The van der Waals surface area contributed by atoms with Crippen molar-refractivity contribution in [1.29, 1.82) is 0 Å². The molecular weight excluding hydrogens is 306 g/mol. The highest BCUT2D eigenvalue weighted by Crippen LogP contribution is 2.25. The highest BCUT2D eigenvalue weighted by Gasteiger charge is 2.33. The molecule has 7 nitrogen and oxygen atoms in total. The number of aromatic amines is 1. The van der Waals surface area contributed by atoms with Crippen molar-refractivity contribution in [1.82, 2.24) is 25.5 Å². The monoisotopic (exact) mass is 333 g/mol. The SMILES string of the molecule is O=C(CC1C(=O)NCCN1CC1CCCCC1)NCc1ncc[nH]1. The summed E-state index contributed by atoms with van der Waals surface area (Å²) in [6, 6.07) is -0.350. The lowest BCUT2D eigenvalue weighted by Crippen LogP contribution is -2.57. The lowest BCUT2D eigenvalue weighted by molar-refractivity contribution is -0.134. The molecule has 3 N–H and O–H groups in total. The molecule has 3 rings (SSSR count). The topological polar surface area (TPSA) is 90.1 Å². The summed E-state index contributed by atoms with van der Waals surface area (Å²) in [6.45, 7) is 2.81. The summed E-state index contributed by atoms with van der Waals surface area (Å²) >= 11 is 0. The van der Waals surface area contributed by atoms with E-state index < -0.39 is 0 Å². The first-order chi connectivity index (χ1) is 11.7. The van der Waals surface area contributed by atoms with Crippen LogP contribution in [0.25, 0.3) is 0 Å².